The average molecular weight is 396 g/mol. The standard InChI is InChI=1S/C24H33N3O2/c1-19(2)17-22(20-9-5-3-6-10-20)25-24(28)26-23(21-11-7-4-8-12-21)18-27-13-15-29-16-14-27/h3-12,19,22-23H,13-18H2,1-2H3,(H2,25,26,28). The number of hydrogen-bond acceptors (Lipinski definition) is 3. The lowest BCUT2D eigenvalue weighted by molar-refractivity contribution is 0.0339. The van der Waals surface area contributed by atoms with E-state index in [0.29, 0.717) is 5.92 Å². The minimum Gasteiger partial charge on any atom is -0.379 e. The van der Waals surface area contributed by atoms with E-state index in [9.17, 15) is 4.79 Å². The van der Waals surface area contributed by atoms with Crippen LogP contribution in [0.1, 0.15) is 43.5 Å². The van der Waals surface area contributed by atoms with Crippen LogP contribution in [0.15, 0.2) is 60.7 Å². The van der Waals surface area contributed by atoms with Gasteiger partial charge in [0.05, 0.1) is 25.3 Å². The molecule has 0 spiro atoms. The average Bonchev–Trinajstić information content (AvgIpc) is 2.74. The number of nitrogens with zero attached hydrogens (tertiary/aromatic N) is 1. The maximum absolute atomic E-state index is 13.0. The first-order valence-corrected chi connectivity index (χ1v) is 10.6. The van der Waals surface area contributed by atoms with E-state index in [4.69, 9.17) is 4.74 Å². The molecule has 29 heavy (non-hydrogen) atoms. The third-order valence-electron chi connectivity index (χ3n) is 5.27. The largest absolute Gasteiger partial charge is 0.379 e. The van der Waals surface area contributed by atoms with E-state index in [1.165, 1.54) is 0 Å². The molecule has 0 saturated carbocycles. The van der Waals surface area contributed by atoms with Gasteiger partial charge in [0.25, 0.3) is 0 Å². The number of nitrogens with one attached hydrogen (secondary N) is 2. The van der Waals surface area contributed by atoms with Crippen LogP contribution in [-0.2, 0) is 4.74 Å². The van der Waals surface area contributed by atoms with Crippen LogP contribution in [0.25, 0.3) is 0 Å². The summed E-state index contributed by atoms with van der Waals surface area (Å²) in [7, 11) is 0. The van der Waals surface area contributed by atoms with Crippen LogP contribution in [-0.4, -0.2) is 43.8 Å². The topological polar surface area (TPSA) is 53.6 Å². The van der Waals surface area contributed by atoms with E-state index in [-0.39, 0.29) is 18.1 Å². The van der Waals surface area contributed by atoms with Gasteiger partial charge in [0.2, 0.25) is 0 Å². The first kappa shape index (κ1) is 21.3. The molecule has 156 valence electrons. The third kappa shape index (κ3) is 6.87. The quantitative estimate of drug-likeness (QED) is 0.706. The monoisotopic (exact) mass is 395 g/mol. The Morgan fingerprint density at radius 3 is 1.97 bits per heavy atom. The van der Waals surface area contributed by atoms with Gasteiger partial charge in [-0.1, -0.05) is 74.5 Å². The van der Waals surface area contributed by atoms with Crippen molar-refractivity contribution in [3.8, 4) is 0 Å². The summed E-state index contributed by atoms with van der Waals surface area (Å²) in [6.07, 6.45) is 0.900. The number of urea groups is 1. The number of benzene rings is 2. The first-order valence-electron chi connectivity index (χ1n) is 10.6. The van der Waals surface area contributed by atoms with Crippen molar-refractivity contribution in [2.75, 3.05) is 32.8 Å². The van der Waals surface area contributed by atoms with Gasteiger partial charge < -0.3 is 15.4 Å². The zero-order chi connectivity index (χ0) is 20.5. The van der Waals surface area contributed by atoms with Crippen LogP contribution in [0.5, 0.6) is 0 Å². The second kappa shape index (κ2) is 11.0. The van der Waals surface area contributed by atoms with Crippen molar-refractivity contribution in [3.05, 3.63) is 71.8 Å². The van der Waals surface area contributed by atoms with E-state index in [2.05, 4.69) is 53.6 Å². The molecule has 1 aliphatic heterocycles. The highest BCUT2D eigenvalue weighted by atomic mass is 16.5. The molecule has 1 aliphatic rings. The Morgan fingerprint density at radius 1 is 0.897 bits per heavy atom. The lowest BCUT2D eigenvalue weighted by atomic mass is 9.97. The van der Waals surface area contributed by atoms with Gasteiger partial charge in [-0.15, -0.1) is 0 Å². The van der Waals surface area contributed by atoms with Gasteiger partial charge in [-0.2, -0.15) is 0 Å². The SMILES string of the molecule is CC(C)CC(NC(=O)NC(CN1CCOCC1)c1ccccc1)c1ccccc1. The Balaban J connectivity index is 1.69. The molecule has 2 aromatic rings. The Kier molecular flexibility index (Phi) is 8.08. The van der Waals surface area contributed by atoms with E-state index in [0.717, 1.165) is 50.4 Å². The van der Waals surface area contributed by atoms with Crippen molar-refractivity contribution in [1.29, 1.82) is 0 Å². The number of morpholine rings is 1. The highest BCUT2D eigenvalue weighted by molar-refractivity contribution is 5.75. The molecule has 1 heterocycles. The molecule has 0 radical (unpaired) electrons. The summed E-state index contributed by atoms with van der Waals surface area (Å²) < 4.78 is 5.47. The highest BCUT2D eigenvalue weighted by Gasteiger charge is 2.22. The molecular formula is C24H33N3O2. The summed E-state index contributed by atoms with van der Waals surface area (Å²) in [5.41, 5.74) is 2.26. The Morgan fingerprint density at radius 2 is 1.41 bits per heavy atom. The second-order valence-electron chi connectivity index (χ2n) is 8.09. The molecule has 2 unspecified atom stereocenters. The van der Waals surface area contributed by atoms with Crippen molar-refractivity contribution < 1.29 is 9.53 Å². The molecule has 0 aromatic heterocycles. The number of carbonyl (C=O) groups excluding carboxylic acids is 1. The lowest BCUT2D eigenvalue weighted by Crippen LogP contribution is -2.46. The van der Waals surface area contributed by atoms with Gasteiger partial charge in [0, 0.05) is 19.6 Å². The van der Waals surface area contributed by atoms with Gasteiger partial charge in [0.15, 0.2) is 0 Å². The van der Waals surface area contributed by atoms with Crippen molar-refractivity contribution >= 4 is 6.03 Å². The minimum atomic E-state index is -0.124. The number of ether oxygens (including phenoxy) is 1. The molecule has 2 amide bonds. The summed E-state index contributed by atoms with van der Waals surface area (Å²) in [6, 6.07) is 20.2. The predicted octanol–water partition coefficient (Wildman–Crippen LogP) is 4.15. The van der Waals surface area contributed by atoms with Crippen LogP contribution in [0.4, 0.5) is 4.79 Å². The van der Waals surface area contributed by atoms with Gasteiger partial charge in [-0.25, -0.2) is 4.79 Å². The third-order valence-corrected chi connectivity index (χ3v) is 5.27. The van der Waals surface area contributed by atoms with E-state index in [1.807, 2.05) is 36.4 Å². The molecule has 0 aliphatic carbocycles. The van der Waals surface area contributed by atoms with E-state index >= 15 is 0 Å². The fraction of sp³-hybridized carbons (Fsp3) is 0.458. The van der Waals surface area contributed by atoms with Crippen LogP contribution >= 0.6 is 0 Å². The Labute approximate surface area is 174 Å². The number of amides is 2. The molecular weight excluding hydrogens is 362 g/mol. The maximum atomic E-state index is 13.0. The van der Waals surface area contributed by atoms with Crippen LogP contribution in [0.2, 0.25) is 0 Å². The second-order valence-corrected chi connectivity index (χ2v) is 8.09. The zero-order valence-corrected chi connectivity index (χ0v) is 17.5. The van der Waals surface area contributed by atoms with E-state index in [1.54, 1.807) is 0 Å². The van der Waals surface area contributed by atoms with Gasteiger partial charge >= 0.3 is 6.03 Å². The predicted molar refractivity (Wildman–Crippen MR) is 117 cm³/mol. The number of rotatable bonds is 8. The molecule has 3 rings (SSSR count). The summed E-state index contributed by atoms with van der Waals surface area (Å²) in [4.78, 5) is 15.3. The summed E-state index contributed by atoms with van der Waals surface area (Å²) in [6.45, 7) is 8.43. The van der Waals surface area contributed by atoms with Crippen molar-refractivity contribution in [1.82, 2.24) is 15.5 Å². The molecule has 2 atom stereocenters. The fourth-order valence-electron chi connectivity index (χ4n) is 3.75. The van der Waals surface area contributed by atoms with Gasteiger partial charge in [-0.05, 0) is 23.5 Å². The van der Waals surface area contributed by atoms with Gasteiger partial charge in [-0.3, -0.25) is 4.90 Å². The molecule has 1 saturated heterocycles. The normalized spacial score (nSPS) is 16.9. The summed E-state index contributed by atoms with van der Waals surface area (Å²) in [5.74, 6) is 0.485. The number of hydrogen-bond donors (Lipinski definition) is 2. The molecule has 2 N–H and O–H groups in total. The van der Waals surface area contributed by atoms with Crippen LogP contribution in [0, 0.1) is 5.92 Å². The molecule has 1 fully saturated rings. The fourth-order valence-corrected chi connectivity index (χ4v) is 3.75. The van der Waals surface area contributed by atoms with Crippen LogP contribution < -0.4 is 10.6 Å². The Hall–Kier alpha value is -2.37. The lowest BCUT2D eigenvalue weighted by Gasteiger charge is -2.31. The zero-order valence-electron chi connectivity index (χ0n) is 17.5. The maximum Gasteiger partial charge on any atom is 0.315 e. The first-order chi connectivity index (χ1) is 14.1. The van der Waals surface area contributed by atoms with Crippen LogP contribution in [0.3, 0.4) is 0 Å². The smallest absolute Gasteiger partial charge is 0.315 e. The molecule has 2 aromatic carbocycles. The van der Waals surface area contributed by atoms with Crippen molar-refractivity contribution in [3.63, 3.8) is 0 Å². The minimum absolute atomic E-state index is 0.00369. The molecule has 0 bridgehead atoms. The highest BCUT2D eigenvalue weighted by Crippen LogP contribution is 2.21. The summed E-state index contributed by atoms with van der Waals surface area (Å²) in [5, 5.41) is 6.43. The molecule has 5 nitrogen and oxygen atoms in total. The van der Waals surface area contributed by atoms with E-state index < -0.39 is 0 Å². The van der Waals surface area contributed by atoms with Crippen molar-refractivity contribution in [2.45, 2.75) is 32.4 Å². The number of carbonyl (C=O) groups is 1. The Bertz CT molecular complexity index is 730. The van der Waals surface area contributed by atoms with Gasteiger partial charge in [0.1, 0.15) is 0 Å². The summed E-state index contributed by atoms with van der Waals surface area (Å²) >= 11 is 0. The molecule has 5 heteroatoms. The van der Waals surface area contributed by atoms with Crippen molar-refractivity contribution in [2.24, 2.45) is 5.92 Å².